The topological polar surface area (TPSA) is 42.0 Å². The van der Waals surface area contributed by atoms with E-state index in [9.17, 15) is 4.79 Å². The molecule has 0 aromatic carbocycles. The van der Waals surface area contributed by atoms with Crippen molar-refractivity contribution in [3.05, 3.63) is 0 Å². The van der Waals surface area contributed by atoms with Crippen LogP contribution in [0.4, 0.5) is 0 Å². The highest BCUT2D eigenvalue weighted by atomic mass is 32.2. The van der Waals surface area contributed by atoms with E-state index in [1.165, 1.54) is 11.8 Å². The number of carbonyl (C=O) groups excluding carboxylic acids is 1. The monoisotopic (exact) mass is 450 g/mol. The third kappa shape index (κ3) is 10.9. The zero-order chi connectivity index (χ0) is 22.9. The minimum Gasteiger partial charge on any atom is -0.378 e. The summed E-state index contributed by atoms with van der Waals surface area (Å²) in [5, 5.41) is 0.215. The van der Waals surface area contributed by atoms with E-state index in [1.54, 1.807) is 0 Å². The van der Waals surface area contributed by atoms with E-state index in [1.807, 2.05) is 13.8 Å². The second-order valence-electron chi connectivity index (χ2n) is 9.61. The summed E-state index contributed by atoms with van der Waals surface area (Å²) in [7, 11) is -0.885. The number of hydrogen-bond donors (Lipinski definition) is 0. The van der Waals surface area contributed by atoms with Gasteiger partial charge in [-0.05, 0) is 69.2 Å². The molecule has 0 aromatic rings. The van der Waals surface area contributed by atoms with E-state index >= 15 is 0 Å². The fraction of sp³-hybridized carbons (Fsp3) is 0.955. The van der Waals surface area contributed by atoms with Gasteiger partial charge in [0.25, 0.3) is 0 Å². The van der Waals surface area contributed by atoms with Gasteiger partial charge in [-0.2, -0.15) is 0 Å². The van der Waals surface area contributed by atoms with Crippen LogP contribution in [0, 0.1) is 5.92 Å². The number of nitrogens with zero attached hydrogens (tertiary/aromatic N) is 2. The Balaban J connectivity index is 4.93. The molecule has 0 unspecified atom stereocenters. The van der Waals surface area contributed by atoms with Crippen LogP contribution in [0.3, 0.4) is 0 Å². The fourth-order valence-corrected chi connectivity index (χ4v) is 6.40. The number of carbonyl (C=O) groups is 1. The van der Waals surface area contributed by atoms with Gasteiger partial charge in [0, 0.05) is 34.8 Å². The minimum atomic E-state index is -0.885. The first kappa shape index (κ1) is 29.3. The highest BCUT2D eigenvalue weighted by Crippen LogP contribution is 2.50. The van der Waals surface area contributed by atoms with Crippen molar-refractivity contribution in [3.8, 4) is 0 Å². The summed E-state index contributed by atoms with van der Waals surface area (Å²) in [6.45, 7) is 27.5. The molecule has 0 saturated carbocycles. The van der Waals surface area contributed by atoms with Crippen molar-refractivity contribution in [2.45, 2.75) is 112 Å². The van der Waals surface area contributed by atoms with Crippen LogP contribution in [0.5, 0.6) is 0 Å². The largest absolute Gasteiger partial charge is 0.378 e. The number of hydrogen-bond acceptors (Lipinski definition) is 6. The highest BCUT2D eigenvalue weighted by Gasteiger charge is 2.34. The lowest BCUT2D eigenvalue weighted by atomic mass is 10.2. The summed E-state index contributed by atoms with van der Waals surface area (Å²) in [6, 6.07) is 1.61. The molecule has 0 fully saturated rings. The van der Waals surface area contributed by atoms with Gasteiger partial charge >= 0.3 is 0 Å². The Labute approximate surface area is 186 Å². The molecule has 0 saturated heterocycles. The van der Waals surface area contributed by atoms with Crippen LogP contribution in [0.25, 0.3) is 0 Å². The molecule has 0 amide bonds. The van der Waals surface area contributed by atoms with E-state index in [-0.39, 0.29) is 15.8 Å². The highest BCUT2D eigenvalue weighted by molar-refractivity contribution is 8.14. The molecule has 7 heteroatoms. The molecule has 0 rings (SSSR count). The third-order valence-corrected chi connectivity index (χ3v) is 8.64. The molecule has 0 aliphatic carbocycles. The molecule has 0 atom stereocenters. The van der Waals surface area contributed by atoms with Crippen molar-refractivity contribution in [2.24, 2.45) is 5.92 Å². The molecule has 0 aromatic heterocycles. The van der Waals surface area contributed by atoms with Gasteiger partial charge in [0.2, 0.25) is 0 Å². The molecule has 0 spiro atoms. The average molecular weight is 451 g/mol. The van der Waals surface area contributed by atoms with Crippen molar-refractivity contribution in [1.82, 2.24) is 9.34 Å². The Hall–Kier alpha value is 0.290. The SMILES string of the molecule is CC(C)C(=O)SC(C)(C)COCCOP(N(C(C)C)C(C)C)N(C(C)C)C(C)C. The lowest BCUT2D eigenvalue weighted by Gasteiger charge is -2.45. The van der Waals surface area contributed by atoms with Crippen LogP contribution in [-0.4, -0.2) is 63.2 Å². The first-order valence-electron chi connectivity index (χ1n) is 11.0. The Bertz CT molecular complexity index is 435. The van der Waals surface area contributed by atoms with Crippen LogP contribution < -0.4 is 0 Å². The lowest BCUT2D eigenvalue weighted by molar-refractivity contribution is -0.113. The van der Waals surface area contributed by atoms with Crippen molar-refractivity contribution < 1.29 is 14.1 Å². The summed E-state index contributed by atoms with van der Waals surface area (Å²) < 4.78 is 17.1. The zero-order valence-electron chi connectivity index (χ0n) is 21.0. The Morgan fingerprint density at radius 3 is 1.59 bits per heavy atom. The zero-order valence-corrected chi connectivity index (χ0v) is 22.7. The van der Waals surface area contributed by atoms with Gasteiger partial charge in [0.1, 0.15) is 0 Å². The predicted octanol–water partition coefficient (Wildman–Crippen LogP) is 6.18. The van der Waals surface area contributed by atoms with E-state index in [2.05, 4.69) is 78.6 Å². The Kier molecular flexibility index (Phi) is 13.8. The quantitative estimate of drug-likeness (QED) is 0.233. The van der Waals surface area contributed by atoms with Crippen LogP contribution in [0.15, 0.2) is 0 Å². The number of ether oxygens (including phenoxy) is 1. The number of rotatable bonds is 14. The first-order chi connectivity index (χ1) is 13.2. The van der Waals surface area contributed by atoms with Crippen molar-refractivity contribution in [2.75, 3.05) is 19.8 Å². The van der Waals surface area contributed by atoms with Gasteiger partial charge in [-0.3, -0.25) is 4.79 Å². The summed E-state index contributed by atoms with van der Waals surface area (Å²) >= 11 is 1.38. The molecule has 0 bridgehead atoms. The summed E-state index contributed by atoms with van der Waals surface area (Å²) in [4.78, 5) is 12.0. The fourth-order valence-electron chi connectivity index (χ4n) is 3.15. The minimum absolute atomic E-state index is 0.0438. The van der Waals surface area contributed by atoms with E-state index in [0.29, 0.717) is 44.0 Å². The predicted molar refractivity (Wildman–Crippen MR) is 129 cm³/mol. The normalized spacial score (nSPS) is 13.5. The molecule has 5 nitrogen and oxygen atoms in total. The van der Waals surface area contributed by atoms with Crippen molar-refractivity contribution in [3.63, 3.8) is 0 Å². The van der Waals surface area contributed by atoms with E-state index in [0.717, 1.165) is 0 Å². The molecule has 0 heterocycles. The lowest BCUT2D eigenvalue weighted by Crippen LogP contribution is -2.43. The molecule has 174 valence electrons. The maximum absolute atomic E-state index is 12.0. The Morgan fingerprint density at radius 1 is 0.828 bits per heavy atom. The van der Waals surface area contributed by atoms with Crippen LogP contribution in [0.1, 0.15) is 83.1 Å². The van der Waals surface area contributed by atoms with Gasteiger partial charge < -0.3 is 9.26 Å². The van der Waals surface area contributed by atoms with Gasteiger partial charge in [0.15, 0.2) is 13.6 Å². The smallest absolute Gasteiger partial charge is 0.192 e. The second kappa shape index (κ2) is 13.6. The van der Waals surface area contributed by atoms with Gasteiger partial charge in [-0.25, -0.2) is 9.34 Å². The van der Waals surface area contributed by atoms with E-state index in [4.69, 9.17) is 9.26 Å². The summed E-state index contributed by atoms with van der Waals surface area (Å²) in [6.07, 6.45) is 0. The van der Waals surface area contributed by atoms with E-state index < -0.39 is 8.45 Å². The first-order valence-corrected chi connectivity index (χ1v) is 13.0. The maximum Gasteiger partial charge on any atom is 0.192 e. The average Bonchev–Trinajstić information content (AvgIpc) is 2.52. The molecular formula is C22H47N2O3PS. The van der Waals surface area contributed by atoms with Crippen LogP contribution in [0.2, 0.25) is 0 Å². The van der Waals surface area contributed by atoms with Crippen molar-refractivity contribution >= 4 is 25.3 Å². The summed E-state index contributed by atoms with van der Waals surface area (Å²) in [5.74, 6) is 0.0438. The van der Waals surface area contributed by atoms with Crippen LogP contribution >= 0.6 is 20.2 Å². The molecule has 0 N–H and O–H groups in total. The second-order valence-corrected chi connectivity index (χ2v) is 13.0. The maximum atomic E-state index is 12.0. The van der Waals surface area contributed by atoms with Crippen LogP contribution in [-0.2, 0) is 14.1 Å². The number of thioether (sulfide) groups is 1. The van der Waals surface area contributed by atoms with Crippen molar-refractivity contribution in [1.29, 1.82) is 0 Å². The van der Waals surface area contributed by atoms with Gasteiger partial charge in [-0.1, -0.05) is 25.6 Å². The standard InChI is InChI=1S/C22H47N2O3PS/c1-16(2)21(25)29-22(11,12)15-26-13-14-27-28(23(17(3)4)18(5)6)24(19(7)8)20(9)10/h16-20H,13-15H2,1-12H3. The van der Waals surface area contributed by atoms with Gasteiger partial charge in [0.05, 0.1) is 19.8 Å². The molecule has 0 aliphatic heterocycles. The Morgan fingerprint density at radius 2 is 1.24 bits per heavy atom. The molecule has 29 heavy (non-hydrogen) atoms. The third-order valence-electron chi connectivity index (χ3n) is 4.24. The summed E-state index contributed by atoms with van der Waals surface area (Å²) in [5.41, 5.74) is 0. The molecular weight excluding hydrogens is 403 g/mol. The molecule has 0 aliphatic rings. The molecule has 0 radical (unpaired) electrons. The van der Waals surface area contributed by atoms with Gasteiger partial charge in [-0.15, -0.1) is 0 Å².